The zero-order valence-electron chi connectivity index (χ0n) is 19.3. The number of nitrogens with one attached hydrogen (secondary N) is 1. The lowest BCUT2D eigenvalue weighted by Crippen LogP contribution is -2.53. The molecule has 174 valence electrons. The number of amides is 1. The molecule has 3 N–H and O–H groups in total. The van der Waals surface area contributed by atoms with Gasteiger partial charge in [-0.2, -0.15) is 0 Å². The van der Waals surface area contributed by atoms with E-state index in [1.54, 1.807) is 0 Å². The number of para-hydroxylation sites is 2. The Balaban J connectivity index is 1.67. The van der Waals surface area contributed by atoms with Crippen LogP contribution in [0.4, 0.5) is 0 Å². The second kappa shape index (κ2) is 6.23. The lowest BCUT2D eigenvalue weighted by atomic mass is 9.93. The maximum atomic E-state index is 13.4. The lowest BCUT2D eigenvalue weighted by molar-refractivity contribution is -0.150. The Morgan fingerprint density at radius 2 is 1.71 bits per heavy atom. The van der Waals surface area contributed by atoms with Crippen molar-refractivity contribution in [2.24, 2.45) is 5.73 Å². The Morgan fingerprint density at radius 1 is 1.06 bits per heavy atom. The summed E-state index contributed by atoms with van der Waals surface area (Å²) in [6.45, 7) is 2.63. The van der Waals surface area contributed by atoms with Gasteiger partial charge in [-0.1, -0.05) is 36.4 Å². The van der Waals surface area contributed by atoms with Crippen molar-refractivity contribution in [1.82, 2.24) is 14.5 Å². The third kappa shape index (κ3) is 2.08. The molecule has 1 amide bonds. The molecular formula is C28H24N4O3. The van der Waals surface area contributed by atoms with Gasteiger partial charge in [-0.05, 0) is 37.5 Å². The summed E-state index contributed by atoms with van der Waals surface area (Å²) in [4.78, 5) is 26.6. The van der Waals surface area contributed by atoms with Crippen molar-refractivity contribution in [3.63, 3.8) is 0 Å². The number of carbonyl (C=O) groups excluding carboxylic acids is 2. The quantitative estimate of drug-likeness (QED) is 0.381. The van der Waals surface area contributed by atoms with Crippen LogP contribution in [0, 0.1) is 0 Å². The Morgan fingerprint density at radius 3 is 2.46 bits per heavy atom. The highest BCUT2D eigenvalue weighted by Gasteiger charge is 2.55. The van der Waals surface area contributed by atoms with E-state index in [1.807, 2.05) is 19.1 Å². The molecular weight excluding hydrogens is 440 g/mol. The van der Waals surface area contributed by atoms with Gasteiger partial charge >= 0.3 is 5.97 Å². The molecule has 4 heterocycles. The van der Waals surface area contributed by atoms with Crippen LogP contribution in [0.3, 0.4) is 0 Å². The van der Waals surface area contributed by atoms with Gasteiger partial charge in [0.15, 0.2) is 0 Å². The van der Waals surface area contributed by atoms with Crippen molar-refractivity contribution in [2.45, 2.75) is 43.9 Å². The molecule has 7 heteroatoms. The minimum absolute atomic E-state index is 0.0413. The first kappa shape index (κ1) is 19.5. The van der Waals surface area contributed by atoms with Crippen LogP contribution in [0.25, 0.3) is 43.6 Å². The van der Waals surface area contributed by atoms with E-state index in [1.165, 1.54) is 0 Å². The number of rotatable bonds is 2. The normalized spacial score (nSPS) is 24.6. The topological polar surface area (TPSA) is 91.3 Å². The molecule has 0 radical (unpaired) electrons. The van der Waals surface area contributed by atoms with E-state index in [0.717, 1.165) is 61.2 Å². The molecule has 35 heavy (non-hydrogen) atoms. The van der Waals surface area contributed by atoms with E-state index in [-0.39, 0.29) is 30.6 Å². The van der Waals surface area contributed by atoms with Gasteiger partial charge in [0.2, 0.25) is 0 Å². The molecule has 1 fully saturated rings. The number of nitrogens with two attached hydrogens (primary N) is 1. The number of hydrogen-bond donors (Lipinski definition) is 2. The van der Waals surface area contributed by atoms with Crippen LogP contribution in [0.5, 0.6) is 0 Å². The minimum atomic E-state index is -1.16. The summed E-state index contributed by atoms with van der Waals surface area (Å²) in [6.07, 6.45) is 1.23. The number of aromatic nitrogens is 2. The third-order valence-corrected chi connectivity index (χ3v) is 8.55. The van der Waals surface area contributed by atoms with Gasteiger partial charge in [0.1, 0.15) is 5.54 Å². The molecule has 2 bridgehead atoms. The van der Waals surface area contributed by atoms with Gasteiger partial charge in [-0.25, -0.2) is 4.79 Å². The highest BCUT2D eigenvalue weighted by atomic mass is 16.5. The van der Waals surface area contributed by atoms with E-state index >= 15 is 0 Å². The molecule has 3 aromatic carbocycles. The van der Waals surface area contributed by atoms with E-state index in [9.17, 15) is 9.59 Å². The van der Waals surface area contributed by atoms with Crippen LogP contribution in [0.2, 0.25) is 0 Å². The monoisotopic (exact) mass is 464 g/mol. The first-order chi connectivity index (χ1) is 17.0. The molecule has 3 aliphatic rings. The molecule has 3 atom stereocenters. The smallest absolute Gasteiger partial charge is 0.328 e. The number of esters is 1. The molecule has 7 nitrogen and oxygen atoms in total. The van der Waals surface area contributed by atoms with Crippen molar-refractivity contribution in [3.8, 4) is 0 Å². The fourth-order valence-electron chi connectivity index (χ4n) is 7.31. The predicted octanol–water partition coefficient (Wildman–Crippen LogP) is 4.30. The number of fused-ring (bicyclic) bond motifs is 13. The number of carbonyl (C=O) groups is 2. The fraction of sp³-hybridized carbons (Fsp3) is 0.286. The van der Waals surface area contributed by atoms with Crippen molar-refractivity contribution < 1.29 is 14.3 Å². The Labute approximate surface area is 200 Å². The number of nitrogens with zero attached hydrogens (tertiary/aromatic N) is 2. The van der Waals surface area contributed by atoms with Gasteiger partial charge in [0, 0.05) is 45.2 Å². The zero-order valence-corrected chi connectivity index (χ0v) is 19.3. The van der Waals surface area contributed by atoms with E-state index in [0.29, 0.717) is 13.0 Å². The zero-order chi connectivity index (χ0) is 23.6. The summed E-state index contributed by atoms with van der Waals surface area (Å²) in [5.74, 6) is -0.395. The Kier molecular flexibility index (Phi) is 3.46. The SMILES string of the molecule is CCOC(=O)[C@]1(N)C[C@@H]2C[C@H]1n1c3ccccc3c3c4c(c5c6ccccc6n2c5c31)CNC4=O. The van der Waals surface area contributed by atoms with Crippen molar-refractivity contribution in [2.75, 3.05) is 6.61 Å². The Hall–Kier alpha value is -3.84. The van der Waals surface area contributed by atoms with Crippen molar-refractivity contribution in [1.29, 1.82) is 0 Å². The van der Waals surface area contributed by atoms with Gasteiger partial charge in [0.25, 0.3) is 5.91 Å². The summed E-state index contributed by atoms with van der Waals surface area (Å²) >= 11 is 0. The summed E-state index contributed by atoms with van der Waals surface area (Å²) in [6, 6.07) is 16.3. The largest absolute Gasteiger partial charge is 0.465 e. The van der Waals surface area contributed by atoms with Crippen molar-refractivity contribution >= 4 is 55.5 Å². The molecule has 2 aliphatic heterocycles. The van der Waals surface area contributed by atoms with E-state index in [2.05, 4.69) is 50.8 Å². The van der Waals surface area contributed by atoms with Crippen LogP contribution in [-0.2, 0) is 16.1 Å². The number of hydrogen-bond acceptors (Lipinski definition) is 4. The Bertz CT molecular complexity index is 1790. The molecule has 5 aromatic rings. The van der Waals surface area contributed by atoms with Crippen LogP contribution in [0.15, 0.2) is 48.5 Å². The van der Waals surface area contributed by atoms with Gasteiger partial charge in [-0.15, -0.1) is 0 Å². The van der Waals surface area contributed by atoms with Gasteiger partial charge in [0.05, 0.1) is 29.2 Å². The lowest BCUT2D eigenvalue weighted by Gasteiger charge is -2.32. The van der Waals surface area contributed by atoms with Crippen LogP contribution in [0.1, 0.15) is 47.8 Å². The molecule has 0 saturated heterocycles. The average molecular weight is 465 g/mol. The summed E-state index contributed by atoms with van der Waals surface area (Å²) < 4.78 is 10.2. The maximum absolute atomic E-state index is 13.4. The fourth-order valence-corrected chi connectivity index (χ4v) is 7.31. The standard InChI is InChI=1S/C28H24N4O3/c1-2-35-27(34)28(29)12-14-11-20(28)32-19-10-6-4-8-16(19)22-23-17(13-30-26(23)33)21-15-7-3-5-9-18(15)31(14)24(21)25(22)32/h3-10,14,20H,2,11-13,29H2,1H3,(H,30,33)/t14-,20+,28-/m0/s1. The summed E-state index contributed by atoms with van der Waals surface area (Å²) in [5.41, 5.74) is 11.9. The molecule has 8 rings (SSSR count). The molecule has 2 aromatic heterocycles. The van der Waals surface area contributed by atoms with E-state index in [4.69, 9.17) is 10.5 Å². The number of benzene rings is 3. The first-order valence-electron chi connectivity index (χ1n) is 12.3. The maximum Gasteiger partial charge on any atom is 0.328 e. The second-order valence-electron chi connectivity index (χ2n) is 10.1. The highest BCUT2D eigenvalue weighted by Crippen LogP contribution is 2.56. The first-order valence-corrected chi connectivity index (χ1v) is 12.3. The minimum Gasteiger partial charge on any atom is -0.465 e. The van der Waals surface area contributed by atoms with Crippen molar-refractivity contribution in [3.05, 3.63) is 59.7 Å². The highest BCUT2D eigenvalue weighted by molar-refractivity contribution is 6.31. The molecule has 0 spiro atoms. The van der Waals surface area contributed by atoms with Gasteiger partial charge < -0.3 is 24.9 Å². The summed E-state index contributed by atoms with van der Waals surface area (Å²) in [7, 11) is 0. The van der Waals surface area contributed by atoms with Crippen LogP contribution in [-0.4, -0.2) is 33.2 Å². The summed E-state index contributed by atoms with van der Waals surface area (Å²) in [5, 5.41) is 7.34. The second-order valence-corrected chi connectivity index (χ2v) is 10.1. The third-order valence-electron chi connectivity index (χ3n) is 8.55. The van der Waals surface area contributed by atoms with Crippen LogP contribution < -0.4 is 11.1 Å². The van der Waals surface area contributed by atoms with Crippen LogP contribution >= 0.6 is 0 Å². The molecule has 0 unspecified atom stereocenters. The average Bonchev–Trinajstić information content (AvgIpc) is 3.56. The van der Waals surface area contributed by atoms with E-state index < -0.39 is 5.54 Å². The molecule has 1 saturated carbocycles. The number of ether oxygens (including phenoxy) is 1. The van der Waals surface area contributed by atoms with Gasteiger partial charge in [-0.3, -0.25) is 4.79 Å². The predicted molar refractivity (Wildman–Crippen MR) is 134 cm³/mol. The molecule has 1 aliphatic carbocycles.